The lowest BCUT2D eigenvalue weighted by Crippen LogP contribution is -1.82. The van der Waals surface area contributed by atoms with Gasteiger partial charge in [0.15, 0.2) is 0 Å². The predicted molar refractivity (Wildman–Crippen MR) is 87.2 cm³/mol. The second-order valence-corrected chi connectivity index (χ2v) is 5.38. The zero-order valence-corrected chi connectivity index (χ0v) is 12.6. The average molecular weight is 342 g/mol. The fourth-order valence-corrected chi connectivity index (χ4v) is 2.22. The minimum Gasteiger partial charge on any atom is -0.399 e. The van der Waals surface area contributed by atoms with E-state index in [9.17, 15) is 0 Å². The molecule has 21 heavy (non-hydrogen) atoms. The SMILES string of the molecule is Nc1ccc(/C=C/c2nc(-c3cccc(Br)c3)no2)cc1. The van der Waals surface area contributed by atoms with Crippen molar-refractivity contribution in [3.8, 4) is 11.4 Å². The number of rotatable bonds is 3. The molecule has 0 aliphatic carbocycles. The van der Waals surface area contributed by atoms with Gasteiger partial charge in [-0.25, -0.2) is 0 Å². The van der Waals surface area contributed by atoms with Crippen LogP contribution in [0.25, 0.3) is 23.5 Å². The van der Waals surface area contributed by atoms with E-state index in [2.05, 4.69) is 26.1 Å². The van der Waals surface area contributed by atoms with Crippen molar-refractivity contribution >= 4 is 33.8 Å². The van der Waals surface area contributed by atoms with Crippen molar-refractivity contribution in [2.75, 3.05) is 5.73 Å². The number of hydrogen-bond donors (Lipinski definition) is 1. The Kier molecular flexibility index (Phi) is 3.83. The molecule has 0 saturated heterocycles. The van der Waals surface area contributed by atoms with E-state index in [0.29, 0.717) is 11.7 Å². The lowest BCUT2D eigenvalue weighted by Gasteiger charge is -1.94. The summed E-state index contributed by atoms with van der Waals surface area (Å²) in [6.45, 7) is 0. The van der Waals surface area contributed by atoms with Gasteiger partial charge < -0.3 is 10.3 Å². The maximum absolute atomic E-state index is 5.65. The predicted octanol–water partition coefficient (Wildman–Crippen LogP) is 4.25. The molecule has 2 aromatic carbocycles. The standard InChI is InChI=1S/C16H12BrN3O/c17-13-3-1-2-12(10-13)16-19-15(21-20-16)9-6-11-4-7-14(18)8-5-11/h1-10H,18H2/b9-6+. The summed E-state index contributed by atoms with van der Waals surface area (Å²) in [5.74, 6) is 1.02. The van der Waals surface area contributed by atoms with E-state index in [4.69, 9.17) is 10.3 Å². The summed E-state index contributed by atoms with van der Waals surface area (Å²) >= 11 is 3.42. The van der Waals surface area contributed by atoms with Crippen LogP contribution in [0.1, 0.15) is 11.5 Å². The molecule has 0 spiro atoms. The first-order valence-corrected chi connectivity index (χ1v) is 7.13. The number of nitrogen functional groups attached to an aromatic ring is 1. The zero-order valence-electron chi connectivity index (χ0n) is 11.0. The van der Waals surface area contributed by atoms with Crippen LogP contribution in [0.4, 0.5) is 5.69 Å². The van der Waals surface area contributed by atoms with Crippen molar-refractivity contribution in [2.45, 2.75) is 0 Å². The molecule has 2 N–H and O–H groups in total. The van der Waals surface area contributed by atoms with Crippen LogP contribution in [0.15, 0.2) is 57.5 Å². The summed E-state index contributed by atoms with van der Waals surface area (Å²) in [7, 11) is 0. The Morgan fingerprint density at radius 3 is 2.62 bits per heavy atom. The molecule has 5 heteroatoms. The average Bonchev–Trinajstić information content (AvgIpc) is 2.96. The van der Waals surface area contributed by atoms with Crippen molar-refractivity contribution in [3.05, 3.63) is 64.5 Å². The minimum absolute atomic E-state index is 0.460. The van der Waals surface area contributed by atoms with Gasteiger partial charge in [0.1, 0.15) is 0 Å². The first kappa shape index (κ1) is 13.6. The van der Waals surface area contributed by atoms with E-state index in [1.165, 1.54) is 0 Å². The van der Waals surface area contributed by atoms with Gasteiger partial charge in [-0.15, -0.1) is 0 Å². The Balaban J connectivity index is 1.80. The Labute approximate surface area is 130 Å². The van der Waals surface area contributed by atoms with Gasteiger partial charge in [0.05, 0.1) is 0 Å². The van der Waals surface area contributed by atoms with Crippen LogP contribution < -0.4 is 5.73 Å². The molecule has 1 aromatic heterocycles. The van der Waals surface area contributed by atoms with Crippen LogP contribution >= 0.6 is 15.9 Å². The molecule has 0 aliphatic rings. The summed E-state index contributed by atoms with van der Waals surface area (Å²) in [5.41, 5.74) is 8.31. The summed E-state index contributed by atoms with van der Waals surface area (Å²) in [5, 5.41) is 3.98. The van der Waals surface area contributed by atoms with E-state index >= 15 is 0 Å². The van der Waals surface area contributed by atoms with E-state index in [0.717, 1.165) is 21.3 Å². The minimum atomic E-state index is 0.460. The molecule has 0 bridgehead atoms. The van der Waals surface area contributed by atoms with Gasteiger partial charge in [-0.2, -0.15) is 4.98 Å². The lowest BCUT2D eigenvalue weighted by atomic mass is 10.2. The fraction of sp³-hybridized carbons (Fsp3) is 0. The number of hydrogen-bond acceptors (Lipinski definition) is 4. The van der Waals surface area contributed by atoms with Crippen molar-refractivity contribution in [3.63, 3.8) is 0 Å². The van der Waals surface area contributed by atoms with Gasteiger partial charge in [0, 0.05) is 21.8 Å². The van der Waals surface area contributed by atoms with Gasteiger partial charge in [0.2, 0.25) is 5.82 Å². The lowest BCUT2D eigenvalue weighted by molar-refractivity contribution is 0.411. The third-order valence-corrected chi connectivity index (χ3v) is 3.37. The monoisotopic (exact) mass is 341 g/mol. The number of benzene rings is 2. The van der Waals surface area contributed by atoms with E-state index in [-0.39, 0.29) is 0 Å². The molecular formula is C16H12BrN3O. The van der Waals surface area contributed by atoms with Gasteiger partial charge in [-0.3, -0.25) is 0 Å². The molecule has 0 radical (unpaired) electrons. The summed E-state index contributed by atoms with van der Waals surface area (Å²) < 4.78 is 6.19. The smallest absolute Gasteiger partial charge is 0.250 e. The largest absolute Gasteiger partial charge is 0.399 e. The highest BCUT2D eigenvalue weighted by Crippen LogP contribution is 2.20. The summed E-state index contributed by atoms with van der Waals surface area (Å²) in [6.07, 6.45) is 3.68. The number of nitrogens with two attached hydrogens (primary N) is 1. The third-order valence-electron chi connectivity index (χ3n) is 2.88. The number of aromatic nitrogens is 2. The van der Waals surface area contributed by atoms with Crippen LogP contribution in [0.5, 0.6) is 0 Å². The highest BCUT2D eigenvalue weighted by Gasteiger charge is 2.06. The molecule has 3 aromatic rings. The Morgan fingerprint density at radius 1 is 1.05 bits per heavy atom. The maximum Gasteiger partial charge on any atom is 0.250 e. The number of halogens is 1. The normalized spacial score (nSPS) is 11.1. The highest BCUT2D eigenvalue weighted by molar-refractivity contribution is 9.10. The third kappa shape index (κ3) is 3.38. The highest BCUT2D eigenvalue weighted by atomic mass is 79.9. The molecule has 0 amide bonds. The molecule has 0 fully saturated rings. The van der Waals surface area contributed by atoms with Crippen molar-refractivity contribution < 1.29 is 4.52 Å². The first-order valence-electron chi connectivity index (χ1n) is 6.34. The van der Waals surface area contributed by atoms with Crippen LogP contribution in [0.2, 0.25) is 0 Å². The number of nitrogens with zero attached hydrogens (tertiary/aromatic N) is 2. The van der Waals surface area contributed by atoms with Gasteiger partial charge in [-0.1, -0.05) is 45.4 Å². The molecule has 0 aliphatic heterocycles. The Hall–Kier alpha value is -2.40. The van der Waals surface area contributed by atoms with Crippen molar-refractivity contribution in [2.24, 2.45) is 0 Å². The molecule has 3 rings (SSSR count). The Morgan fingerprint density at radius 2 is 1.86 bits per heavy atom. The summed E-state index contributed by atoms with van der Waals surface area (Å²) in [6, 6.07) is 15.3. The molecule has 1 heterocycles. The fourth-order valence-electron chi connectivity index (χ4n) is 1.82. The first-order chi connectivity index (χ1) is 10.2. The molecule has 0 atom stereocenters. The van der Waals surface area contributed by atoms with Crippen LogP contribution in [-0.4, -0.2) is 10.1 Å². The van der Waals surface area contributed by atoms with Crippen LogP contribution in [0, 0.1) is 0 Å². The van der Waals surface area contributed by atoms with E-state index < -0.39 is 0 Å². The number of anilines is 1. The van der Waals surface area contributed by atoms with Crippen molar-refractivity contribution in [1.82, 2.24) is 10.1 Å². The van der Waals surface area contributed by atoms with E-state index in [1.807, 2.05) is 54.6 Å². The van der Waals surface area contributed by atoms with Gasteiger partial charge >= 0.3 is 0 Å². The molecule has 0 saturated carbocycles. The quantitative estimate of drug-likeness (QED) is 0.723. The molecule has 0 unspecified atom stereocenters. The van der Waals surface area contributed by atoms with Gasteiger partial charge in [-0.05, 0) is 35.9 Å². The topological polar surface area (TPSA) is 64.9 Å². The summed E-state index contributed by atoms with van der Waals surface area (Å²) in [4.78, 5) is 4.34. The zero-order chi connectivity index (χ0) is 14.7. The van der Waals surface area contributed by atoms with Gasteiger partial charge in [0.25, 0.3) is 5.89 Å². The second-order valence-electron chi connectivity index (χ2n) is 4.47. The molecule has 4 nitrogen and oxygen atoms in total. The molecule has 104 valence electrons. The maximum atomic E-state index is 5.65. The molecular weight excluding hydrogens is 330 g/mol. The van der Waals surface area contributed by atoms with Crippen LogP contribution in [-0.2, 0) is 0 Å². The van der Waals surface area contributed by atoms with Crippen molar-refractivity contribution in [1.29, 1.82) is 0 Å². The van der Waals surface area contributed by atoms with E-state index in [1.54, 1.807) is 6.08 Å². The van der Waals surface area contributed by atoms with Crippen LogP contribution in [0.3, 0.4) is 0 Å². The second kappa shape index (κ2) is 5.93. The Bertz CT molecular complexity index is 778.